The van der Waals surface area contributed by atoms with Gasteiger partial charge in [0.2, 0.25) is 5.91 Å². The van der Waals surface area contributed by atoms with E-state index in [1.54, 1.807) is 22.7 Å². The predicted molar refractivity (Wildman–Crippen MR) is 88.2 cm³/mol. The molecule has 23 heavy (non-hydrogen) atoms. The smallest absolute Gasteiger partial charge is 0.243 e. The summed E-state index contributed by atoms with van der Waals surface area (Å²) in [4.78, 5) is 25.1. The van der Waals surface area contributed by atoms with Crippen molar-refractivity contribution in [2.75, 3.05) is 0 Å². The Labute approximate surface area is 141 Å². The summed E-state index contributed by atoms with van der Waals surface area (Å²) in [5.41, 5.74) is 0.909. The Morgan fingerprint density at radius 2 is 2.00 bits per heavy atom. The van der Waals surface area contributed by atoms with Gasteiger partial charge in [-0.3, -0.25) is 4.79 Å². The molecule has 1 aliphatic rings. The van der Waals surface area contributed by atoms with Crippen LogP contribution < -0.4 is 5.11 Å². The lowest BCUT2D eigenvalue weighted by molar-refractivity contribution is -0.305. The molecule has 0 fully saturated rings. The van der Waals surface area contributed by atoms with Crippen molar-refractivity contribution in [2.24, 2.45) is 5.10 Å². The van der Waals surface area contributed by atoms with Gasteiger partial charge in [-0.25, -0.2) is 5.01 Å². The molecule has 1 amide bonds. The molecule has 0 radical (unpaired) electrons. The SMILES string of the molecule is O=C([O-])CCCC(=O)N1N=C(c2cccs2)C[C@@H]1c1cccs1. The predicted octanol–water partition coefficient (Wildman–Crippen LogP) is 2.41. The highest BCUT2D eigenvalue weighted by molar-refractivity contribution is 7.12. The molecule has 0 aromatic carbocycles. The maximum absolute atomic E-state index is 12.5. The summed E-state index contributed by atoms with van der Waals surface area (Å²) in [5.74, 6) is -1.27. The van der Waals surface area contributed by atoms with Crippen LogP contribution in [0.5, 0.6) is 0 Å². The number of carboxylic acids is 1. The highest BCUT2D eigenvalue weighted by atomic mass is 32.1. The van der Waals surface area contributed by atoms with E-state index in [1.165, 1.54) is 5.01 Å². The Kier molecular flexibility index (Phi) is 4.88. The standard InChI is InChI=1S/C16H16N2O3S2/c19-15(6-1-7-16(20)21)18-12(14-5-3-9-23-14)10-11(17-18)13-4-2-8-22-13/h2-5,8-9,12H,1,6-7,10H2,(H,20,21)/p-1/t12-/m1/s1. The zero-order valence-electron chi connectivity index (χ0n) is 12.3. The number of thiophene rings is 2. The van der Waals surface area contributed by atoms with Crippen LogP contribution >= 0.6 is 22.7 Å². The molecule has 3 rings (SSSR count). The molecule has 2 aromatic heterocycles. The van der Waals surface area contributed by atoms with Crippen molar-refractivity contribution in [3.63, 3.8) is 0 Å². The molecule has 0 unspecified atom stereocenters. The number of rotatable bonds is 6. The van der Waals surface area contributed by atoms with Crippen molar-refractivity contribution in [3.8, 4) is 0 Å². The van der Waals surface area contributed by atoms with Crippen molar-refractivity contribution in [1.29, 1.82) is 0 Å². The van der Waals surface area contributed by atoms with Crippen molar-refractivity contribution < 1.29 is 14.7 Å². The van der Waals surface area contributed by atoms with E-state index in [2.05, 4.69) is 5.10 Å². The Bertz CT molecular complexity index is 708. The lowest BCUT2D eigenvalue weighted by atomic mass is 10.1. The molecule has 1 aliphatic heterocycles. The molecule has 0 aliphatic carbocycles. The third-order valence-electron chi connectivity index (χ3n) is 3.61. The number of hydrazone groups is 1. The lowest BCUT2D eigenvalue weighted by Crippen LogP contribution is -2.27. The van der Waals surface area contributed by atoms with Gasteiger partial charge in [0.05, 0.1) is 16.6 Å². The fourth-order valence-electron chi connectivity index (χ4n) is 2.53. The van der Waals surface area contributed by atoms with Gasteiger partial charge in [0, 0.05) is 23.7 Å². The van der Waals surface area contributed by atoms with Crippen LogP contribution in [0.2, 0.25) is 0 Å². The van der Waals surface area contributed by atoms with E-state index >= 15 is 0 Å². The Morgan fingerprint density at radius 1 is 1.22 bits per heavy atom. The summed E-state index contributed by atoms with van der Waals surface area (Å²) in [7, 11) is 0. The van der Waals surface area contributed by atoms with Crippen LogP contribution in [0.25, 0.3) is 0 Å². The van der Waals surface area contributed by atoms with Crippen LogP contribution in [0.15, 0.2) is 40.1 Å². The molecule has 5 nitrogen and oxygen atoms in total. The second kappa shape index (κ2) is 7.06. The van der Waals surface area contributed by atoms with Crippen molar-refractivity contribution in [2.45, 2.75) is 31.7 Å². The quantitative estimate of drug-likeness (QED) is 0.805. The maximum Gasteiger partial charge on any atom is 0.243 e. The summed E-state index contributed by atoms with van der Waals surface area (Å²) in [6.07, 6.45) is 1.02. The largest absolute Gasteiger partial charge is 0.550 e. The average molecular weight is 347 g/mol. The highest BCUT2D eigenvalue weighted by Gasteiger charge is 2.33. The minimum Gasteiger partial charge on any atom is -0.550 e. The topological polar surface area (TPSA) is 72.8 Å². The fraction of sp³-hybridized carbons (Fsp3) is 0.312. The van der Waals surface area contributed by atoms with Crippen LogP contribution in [-0.2, 0) is 9.59 Å². The van der Waals surface area contributed by atoms with Crippen LogP contribution in [0, 0.1) is 0 Å². The first kappa shape index (κ1) is 15.9. The summed E-state index contributed by atoms with van der Waals surface area (Å²) >= 11 is 3.21. The molecule has 3 heterocycles. The van der Waals surface area contributed by atoms with E-state index in [0.717, 1.165) is 15.5 Å². The molecule has 1 atom stereocenters. The third-order valence-corrected chi connectivity index (χ3v) is 5.51. The number of aliphatic carboxylic acids is 1. The van der Waals surface area contributed by atoms with Gasteiger partial charge < -0.3 is 9.90 Å². The number of amides is 1. The second-order valence-corrected chi connectivity index (χ2v) is 7.15. The molecule has 0 N–H and O–H groups in total. The van der Waals surface area contributed by atoms with Gasteiger partial charge in [0.1, 0.15) is 0 Å². The first-order chi connectivity index (χ1) is 11.1. The molecule has 0 saturated heterocycles. The Morgan fingerprint density at radius 3 is 2.65 bits per heavy atom. The first-order valence-electron chi connectivity index (χ1n) is 7.32. The average Bonchev–Trinajstić information content (AvgIpc) is 3.26. The normalized spacial score (nSPS) is 17.3. The van der Waals surface area contributed by atoms with Crippen LogP contribution in [-0.4, -0.2) is 22.6 Å². The van der Waals surface area contributed by atoms with E-state index < -0.39 is 5.97 Å². The molecular weight excluding hydrogens is 332 g/mol. The number of carboxylic acid groups (broad SMARTS) is 1. The fourth-order valence-corrected chi connectivity index (χ4v) is 4.07. The molecular formula is C16H15N2O3S2-. The van der Waals surface area contributed by atoms with Crippen molar-refractivity contribution in [1.82, 2.24) is 5.01 Å². The second-order valence-electron chi connectivity index (χ2n) is 5.22. The van der Waals surface area contributed by atoms with Crippen molar-refractivity contribution in [3.05, 3.63) is 44.8 Å². The third kappa shape index (κ3) is 3.68. The van der Waals surface area contributed by atoms with Crippen LogP contribution in [0.1, 0.15) is 41.5 Å². The van der Waals surface area contributed by atoms with Gasteiger partial charge in [-0.05, 0) is 35.7 Å². The molecule has 120 valence electrons. The number of carbonyl (C=O) groups excluding carboxylic acids is 2. The number of hydrogen-bond donors (Lipinski definition) is 0. The van der Waals surface area contributed by atoms with Gasteiger partial charge >= 0.3 is 0 Å². The monoisotopic (exact) mass is 347 g/mol. The highest BCUT2D eigenvalue weighted by Crippen LogP contribution is 2.36. The maximum atomic E-state index is 12.5. The van der Waals surface area contributed by atoms with Crippen LogP contribution in [0.3, 0.4) is 0 Å². The van der Waals surface area contributed by atoms with Crippen LogP contribution in [0.4, 0.5) is 0 Å². The van der Waals surface area contributed by atoms with E-state index in [-0.39, 0.29) is 31.2 Å². The first-order valence-corrected chi connectivity index (χ1v) is 9.08. The molecule has 0 saturated carbocycles. The van der Waals surface area contributed by atoms with E-state index in [4.69, 9.17) is 0 Å². The minimum absolute atomic E-state index is 0.0949. The number of hydrogen-bond acceptors (Lipinski definition) is 6. The summed E-state index contributed by atoms with van der Waals surface area (Å²) in [6, 6.07) is 7.83. The minimum atomic E-state index is -1.13. The summed E-state index contributed by atoms with van der Waals surface area (Å²) in [5, 5.41) is 20.5. The van der Waals surface area contributed by atoms with Gasteiger partial charge in [-0.2, -0.15) is 5.10 Å². The number of nitrogens with zero attached hydrogens (tertiary/aromatic N) is 2. The zero-order valence-corrected chi connectivity index (χ0v) is 13.9. The molecule has 2 aromatic rings. The van der Waals surface area contributed by atoms with Gasteiger partial charge in [-0.15, -0.1) is 22.7 Å². The van der Waals surface area contributed by atoms with Gasteiger partial charge in [0.25, 0.3) is 0 Å². The molecule has 7 heteroatoms. The lowest BCUT2D eigenvalue weighted by Gasteiger charge is -2.20. The summed E-state index contributed by atoms with van der Waals surface area (Å²) < 4.78 is 0. The zero-order chi connectivity index (χ0) is 16.2. The van der Waals surface area contributed by atoms with E-state index in [1.807, 2.05) is 35.0 Å². The van der Waals surface area contributed by atoms with E-state index in [9.17, 15) is 14.7 Å². The van der Waals surface area contributed by atoms with Gasteiger partial charge in [0.15, 0.2) is 0 Å². The van der Waals surface area contributed by atoms with Crippen molar-refractivity contribution >= 4 is 40.3 Å². The number of carbonyl (C=O) groups is 2. The molecule has 0 bridgehead atoms. The van der Waals surface area contributed by atoms with Gasteiger partial charge in [-0.1, -0.05) is 12.1 Å². The Balaban J connectivity index is 1.77. The van der Waals surface area contributed by atoms with E-state index in [0.29, 0.717) is 6.42 Å². The Hall–Kier alpha value is -1.99. The summed E-state index contributed by atoms with van der Waals surface area (Å²) in [6.45, 7) is 0. The molecule has 0 spiro atoms.